The highest BCUT2D eigenvalue weighted by atomic mass is 16.6. The molecule has 1 saturated heterocycles. The molecular weight excluding hydrogens is 442 g/mol. The number of ether oxygens (including phenoxy) is 1. The van der Waals surface area contributed by atoms with E-state index in [0.717, 1.165) is 4.90 Å². The number of carbonyl (C=O) groups excluding carboxylic acids is 5. The molecule has 1 fully saturated rings. The van der Waals surface area contributed by atoms with Crippen LogP contribution in [0.2, 0.25) is 0 Å². The molecule has 2 aliphatic heterocycles. The molecule has 2 aliphatic rings. The number of rotatable bonds is 6. The van der Waals surface area contributed by atoms with Crippen LogP contribution < -0.4 is 10.6 Å². The average Bonchev–Trinajstić information content (AvgIpc) is 3.28. The van der Waals surface area contributed by atoms with Crippen LogP contribution in [0.4, 0.5) is 5.69 Å². The first-order valence-corrected chi connectivity index (χ1v) is 10.9. The molecule has 34 heavy (non-hydrogen) atoms. The summed E-state index contributed by atoms with van der Waals surface area (Å²) in [6.07, 6.45) is 1.80. The number of hydrogen-bond donors (Lipinski definition) is 2. The van der Waals surface area contributed by atoms with Gasteiger partial charge in [0.2, 0.25) is 11.8 Å². The fourth-order valence-corrected chi connectivity index (χ4v) is 3.94. The van der Waals surface area contributed by atoms with Crippen LogP contribution in [0.3, 0.4) is 0 Å². The van der Waals surface area contributed by atoms with Gasteiger partial charge in [-0.2, -0.15) is 5.10 Å². The van der Waals surface area contributed by atoms with Gasteiger partial charge in [0.05, 0.1) is 23.4 Å². The summed E-state index contributed by atoms with van der Waals surface area (Å²) < 4.78 is 6.75. The molecule has 1 aromatic heterocycles. The minimum absolute atomic E-state index is 0.0358. The van der Waals surface area contributed by atoms with Gasteiger partial charge in [-0.3, -0.25) is 38.9 Å². The Morgan fingerprint density at radius 3 is 2.65 bits per heavy atom. The molecule has 0 bridgehead atoms. The maximum atomic E-state index is 13.1. The van der Waals surface area contributed by atoms with Crippen LogP contribution in [0, 0.1) is 0 Å². The van der Waals surface area contributed by atoms with E-state index in [0.29, 0.717) is 11.4 Å². The predicted octanol–water partition coefficient (Wildman–Crippen LogP) is 1.24. The summed E-state index contributed by atoms with van der Waals surface area (Å²) >= 11 is 0. The molecule has 0 radical (unpaired) electrons. The molecule has 11 heteroatoms. The van der Waals surface area contributed by atoms with Crippen molar-refractivity contribution in [1.82, 2.24) is 20.0 Å². The summed E-state index contributed by atoms with van der Waals surface area (Å²) in [6, 6.07) is 5.53. The monoisotopic (exact) mass is 467 g/mol. The number of esters is 1. The van der Waals surface area contributed by atoms with Crippen LogP contribution in [-0.2, 0) is 32.2 Å². The molecule has 4 amide bonds. The van der Waals surface area contributed by atoms with Crippen LogP contribution in [-0.4, -0.2) is 55.9 Å². The molecule has 4 rings (SSSR count). The number of piperidine rings is 1. The Balaban J connectivity index is 1.46. The van der Waals surface area contributed by atoms with E-state index in [2.05, 4.69) is 15.7 Å². The van der Waals surface area contributed by atoms with Gasteiger partial charge in [0.1, 0.15) is 18.2 Å². The number of nitrogens with zero attached hydrogens (tertiary/aromatic N) is 3. The maximum absolute atomic E-state index is 13.1. The predicted molar refractivity (Wildman–Crippen MR) is 119 cm³/mol. The molecular formula is C23H25N5O6. The molecule has 11 nitrogen and oxygen atoms in total. The minimum atomic E-state index is -1.03. The number of imide groups is 2. The first-order valence-electron chi connectivity index (χ1n) is 10.9. The number of nitrogens with one attached hydrogen (secondary N) is 2. The van der Waals surface area contributed by atoms with Crippen LogP contribution in [0.5, 0.6) is 0 Å². The van der Waals surface area contributed by atoms with Crippen molar-refractivity contribution in [1.29, 1.82) is 0 Å². The van der Waals surface area contributed by atoms with Gasteiger partial charge in [0.25, 0.3) is 11.8 Å². The SMILES string of the molecule is CC(C)(C)OC(=O)Cn1ccc(CNc2cccc3c2C(=O)N(C2CCC(=O)NC2=O)C3=O)n1. The van der Waals surface area contributed by atoms with Crippen molar-refractivity contribution in [3.8, 4) is 0 Å². The second kappa shape index (κ2) is 8.73. The van der Waals surface area contributed by atoms with Gasteiger partial charge < -0.3 is 10.1 Å². The minimum Gasteiger partial charge on any atom is -0.459 e. The number of hydrogen-bond acceptors (Lipinski definition) is 8. The Morgan fingerprint density at radius 2 is 1.94 bits per heavy atom. The van der Waals surface area contributed by atoms with E-state index in [1.54, 1.807) is 45.2 Å². The quantitative estimate of drug-likeness (QED) is 0.478. The van der Waals surface area contributed by atoms with Crippen molar-refractivity contribution in [2.75, 3.05) is 5.32 Å². The van der Waals surface area contributed by atoms with Crippen molar-refractivity contribution in [3.05, 3.63) is 47.3 Å². The fraction of sp³-hybridized carbons (Fsp3) is 0.391. The Hall–Kier alpha value is -4.02. The van der Waals surface area contributed by atoms with E-state index in [9.17, 15) is 24.0 Å². The normalized spacial score (nSPS) is 18.1. The Morgan fingerprint density at radius 1 is 1.18 bits per heavy atom. The van der Waals surface area contributed by atoms with Crippen LogP contribution >= 0.6 is 0 Å². The number of carbonyl (C=O) groups is 5. The number of aromatic nitrogens is 2. The molecule has 178 valence electrons. The molecule has 0 saturated carbocycles. The second-order valence-corrected chi connectivity index (χ2v) is 9.12. The number of benzene rings is 1. The largest absolute Gasteiger partial charge is 0.459 e. The van der Waals surface area contributed by atoms with E-state index in [4.69, 9.17) is 4.74 Å². The standard InChI is InChI=1S/C23H25N5O6/c1-23(2,3)34-18(30)12-27-10-9-13(26-27)11-24-15-6-4-5-14-19(15)22(33)28(21(14)32)16-7-8-17(29)25-20(16)31/h4-6,9-10,16,24H,7-8,11-12H2,1-3H3,(H,25,29,31). The molecule has 1 atom stereocenters. The van der Waals surface area contributed by atoms with Gasteiger partial charge in [0.15, 0.2) is 0 Å². The van der Waals surface area contributed by atoms with Crippen LogP contribution in [0.1, 0.15) is 60.0 Å². The highest BCUT2D eigenvalue weighted by molar-refractivity contribution is 6.25. The highest BCUT2D eigenvalue weighted by Crippen LogP contribution is 2.32. The fourth-order valence-electron chi connectivity index (χ4n) is 3.94. The number of anilines is 1. The zero-order valence-electron chi connectivity index (χ0n) is 19.1. The molecule has 1 aromatic carbocycles. The van der Waals surface area contributed by atoms with Gasteiger partial charge in [-0.05, 0) is 45.4 Å². The molecule has 1 unspecified atom stereocenters. The lowest BCUT2D eigenvalue weighted by Gasteiger charge is -2.27. The Bertz CT molecular complexity index is 1190. The third-order valence-corrected chi connectivity index (χ3v) is 5.34. The van der Waals surface area contributed by atoms with Gasteiger partial charge >= 0.3 is 5.97 Å². The summed E-state index contributed by atoms with van der Waals surface area (Å²) in [7, 11) is 0. The van der Waals surface area contributed by atoms with Crippen molar-refractivity contribution in [2.24, 2.45) is 0 Å². The third kappa shape index (κ3) is 4.68. The average molecular weight is 467 g/mol. The summed E-state index contributed by atoms with van der Waals surface area (Å²) in [4.78, 5) is 62.7. The topological polar surface area (TPSA) is 140 Å². The van der Waals surface area contributed by atoms with Crippen molar-refractivity contribution < 1.29 is 28.7 Å². The lowest BCUT2D eigenvalue weighted by molar-refractivity contribution is -0.155. The van der Waals surface area contributed by atoms with Gasteiger partial charge in [-0.25, -0.2) is 0 Å². The Labute approximate surface area is 195 Å². The molecule has 2 aromatic rings. The molecule has 0 aliphatic carbocycles. The smallest absolute Gasteiger partial charge is 0.328 e. The first kappa shape index (κ1) is 23.1. The molecule has 3 heterocycles. The van der Waals surface area contributed by atoms with E-state index in [-0.39, 0.29) is 37.1 Å². The zero-order chi connectivity index (χ0) is 24.6. The zero-order valence-corrected chi connectivity index (χ0v) is 19.1. The lowest BCUT2D eigenvalue weighted by Crippen LogP contribution is -2.54. The molecule has 2 N–H and O–H groups in total. The highest BCUT2D eigenvalue weighted by Gasteiger charge is 2.45. The van der Waals surface area contributed by atoms with Gasteiger partial charge in [0, 0.05) is 18.3 Å². The second-order valence-electron chi connectivity index (χ2n) is 9.12. The van der Waals surface area contributed by atoms with Crippen LogP contribution in [0.15, 0.2) is 30.5 Å². The Kier molecular flexibility index (Phi) is 5.94. The van der Waals surface area contributed by atoms with Gasteiger partial charge in [-0.1, -0.05) is 6.07 Å². The van der Waals surface area contributed by atoms with E-state index >= 15 is 0 Å². The number of fused-ring (bicyclic) bond motifs is 1. The maximum Gasteiger partial charge on any atom is 0.328 e. The summed E-state index contributed by atoms with van der Waals surface area (Å²) in [5, 5.41) is 9.63. The van der Waals surface area contributed by atoms with E-state index in [1.165, 1.54) is 10.7 Å². The summed E-state index contributed by atoms with van der Waals surface area (Å²) in [5.41, 5.74) is 0.807. The lowest BCUT2D eigenvalue weighted by atomic mass is 10.0. The van der Waals surface area contributed by atoms with E-state index < -0.39 is 41.2 Å². The van der Waals surface area contributed by atoms with Crippen molar-refractivity contribution >= 4 is 35.3 Å². The summed E-state index contributed by atoms with van der Waals surface area (Å²) in [6.45, 7) is 5.56. The van der Waals surface area contributed by atoms with Gasteiger partial charge in [-0.15, -0.1) is 0 Å². The molecule has 0 spiro atoms. The van der Waals surface area contributed by atoms with Crippen molar-refractivity contribution in [3.63, 3.8) is 0 Å². The number of amides is 4. The third-order valence-electron chi connectivity index (χ3n) is 5.34. The first-order chi connectivity index (χ1) is 16.0. The summed E-state index contributed by atoms with van der Waals surface area (Å²) in [5.74, 6) is -2.65. The van der Waals surface area contributed by atoms with E-state index in [1.807, 2.05) is 0 Å². The van der Waals surface area contributed by atoms with Crippen molar-refractivity contribution in [2.45, 2.75) is 58.3 Å². The van der Waals surface area contributed by atoms with Crippen LogP contribution in [0.25, 0.3) is 0 Å².